The minimum atomic E-state index is -3.00. The van der Waals surface area contributed by atoms with Crippen molar-refractivity contribution in [2.75, 3.05) is 18.1 Å². The van der Waals surface area contributed by atoms with Crippen molar-refractivity contribution in [2.45, 2.75) is 89.4 Å². The van der Waals surface area contributed by atoms with E-state index in [1.54, 1.807) is 0 Å². The zero-order valence-corrected chi connectivity index (χ0v) is 19.2. The van der Waals surface area contributed by atoms with Crippen molar-refractivity contribution in [3.05, 3.63) is 35.4 Å². The van der Waals surface area contributed by atoms with Crippen molar-refractivity contribution in [3.8, 4) is 0 Å². The van der Waals surface area contributed by atoms with Crippen LogP contribution in [0.1, 0.15) is 75.8 Å². The molecule has 2 saturated carbocycles. The molecule has 1 saturated heterocycles. The maximum Gasteiger partial charge on any atom is 0.237 e. The summed E-state index contributed by atoms with van der Waals surface area (Å²) in [5.74, 6) is 1.02. The Morgan fingerprint density at radius 3 is 2.17 bits per heavy atom. The molecule has 0 N–H and O–H groups in total. The summed E-state index contributed by atoms with van der Waals surface area (Å²) in [4.78, 5) is 17.8. The van der Waals surface area contributed by atoms with Gasteiger partial charge in [-0.05, 0) is 49.1 Å². The van der Waals surface area contributed by atoms with Crippen LogP contribution in [0, 0.1) is 0 Å². The second kappa shape index (κ2) is 8.99. The molecule has 1 heterocycles. The highest BCUT2D eigenvalue weighted by Gasteiger charge is 2.40. The molecule has 0 spiro atoms. The summed E-state index contributed by atoms with van der Waals surface area (Å²) in [6, 6.07) is 9.35. The van der Waals surface area contributed by atoms with E-state index in [1.807, 2.05) is 4.90 Å². The Morgan fingerprint density at radius 2 is 1.63 bits per heavy atom. The lowest BCUT2D eigenvalue weighted by Gasteiger charge is -2.36. The van der Waals surface area contributed by atoms with Crippen molar-refractivity contribution < 1.29 is 13.2 Å². The summed E-state index contributed by atoms with van der Waals surface area (Å²) < 4.78 is 24.2. The molecule has 1 amide bonds. The van der Waals surface area contributed by atoms with Crippen LogP contribution in [-0.2, 0) is 21.2 Å². The van der Waals surface area contributed by atoms with Crippen molar-refractivity contribution in [3.63, 3.8) is 0 Å². The molecular formula is C24H36N2O3S. The summed E-state index contributed by atoms with van der Waals surface area (Å²) in [6.45, 7) is 5.59. The van der Waals surface area contributed by atoms with E-state index in [0.29, 0.717) is 24.9 Å². The van der Waals surface area contributed by atoms with Gasteiger partial charge in [0.25, 0.3) is 0 Å². The van der Waals surface area contributed by atoms with E-state index >= 15 is 0 Å². The maximum absolute atomic E-state index is 13.5. The van der Waals surface area contributed by atoms with E-state index in [4.69, 9.17) is 0 Å². The van der Waals surface area contributed by atoms with Gasteiger partial charge in [0.2, 0.25) is 5.91 Å². The van der Waals surface area contributed by atoms with Gasteiger partial charge >= 0.3 is 0 Å². The molecule has 0 aromatic heterocycles. The summed E-state index contributed by atoms with van der Waals surface area (Å²) in [7, 11) is -3.00. The van der Waals surface area contributed by atoms with Crippen LogP contribution in [0.5, 0.6) is 0 Å². The topological polar surface area (TPSA) is 57.7 Å². The van der Waals surface area contributed by atoms with Crippen LogP contribution in [0.25, 0.3) is 0 Å². The van der Waals surface area contributed by atoms with Gasteiger partial charge in [-0.3, -0.25) is 9.69 Å². The van der Waals surface area contributed by atoms with Gasteiger partial charge in [0.1, 0.15) is 0 Å². The Kier molecular flexibility index (Phi) is 6.54. The summed E-state index contributed by atoms with van der Waals surface area (Å²) >= 11 is 0. The van der Waals surface area contributed by atoms with E-state index in [-0.39, 0.29) is 29.5 Å². The van der Waals surface area contributed by atoms with Crippen molar-refractivity contribution in [2.24, 2.45) is 0 Å². The predicted octanol–water partition coefficient (Wildman–Crippen LogP) is 3.73. The first-order valence-corrected chi connectivity index (χ1v) is 13.5. The van der Waals surface area contributed by atoms with Crippen LogP contribution in [0.3, 0.4) is 0 Å². The van der Waals surface area contributed by atoms with Crippen LogP contribution in [0.2, 0.25) is 0 Å². The lowest BCUT2D eigenvalue weighted by molar-refractivity contribution is -0.137. The molecule has 166 valence electrons. The summed E-state index contributed by atoms with van der Waals surface area (Å²) in [5, 5.41) is 0. The van der Waals surface area contributed by atoms with Gasteiger partial charge < -0.3 is 4.90 Å². The minimum absolute atomic E-state index is 0.128. The fourth-order valence-electron chi connectivity index (χ4n) is 5.13. The first kappa shape index (κ1) is 21.8. The highest BCUT2D eigenvalue weighted by Crippen LogP contribution is 2.32. The smallest absolute Gasteiger partial charge is 0.237 e. The third kappa shape index (κ3) is 5.25. The molecule has 1 unspecified atom stereocenters. The van der Waals surface area contributed by atoms with Crippen LogP contribution in [0.4, 0.5) is 0 Å². The second-order valence-electron chi connectivity index (χ2n) is 9.83. The molecule has 1 aromatic rings. The lowest BCUT2D eigenvalue weighted by Crippen LogP contribution is -2.50. The van der Waals surface area contributed by atoms with Gasteiger partial charge in [-0.2, -0.15) is 0 Å². The molecule has 5 nitrogen and oxygen atoms in total. The second-order valence-corrected chi connectivity index (χ2v) is 12.1. The number of carbonyl (C=O) groups excluding carboxylic acids is 1. The van der Waals surface area contributed by atoms with Gasteiger partial charge in [0.05, 0.1) is 18.1 Å². The van der Waals surface area contributed by atoms with Gasteiger partial charge in [0.15, 0.2) is 9.84 Å². The molecule has 30 heavy (non-hydrogen) atoms. The average molecular weight is 433 g/mol. The van der Waals surface area contributed by atoms with Gasteiger partial charge in [0, 0.05) is 24.7 Å². The molecule has 3 aliphatic rings. The van der Waals surface area contributed by atoms with E-state index in [0.717, 1.165) is 45.1 Å². The zero-order chi connectivity index (χ0) is 21.3. The van der Waals surface area contributed by atoms with Crippen LogP contribution in [0.15, 0.2) is 24.3 Å². The van der Waals surface area contributed by atoms with E-state index in [9.17, 15) is 13.2 Å². The summed E-state index contributed by atoms with van der Waals surface area (Å²) in [5.41, 5.74) is 2.58. The maximum atomic E-state index is 13.5. The fourth-order valence-corrected chi connectivity index (χ4v) is 6.85. The predicted molar refractivity (Wildman–Crippen MR) is 120 cm³/mol. The minimum Gasteiger partial charge on any atom is -0.335 e. The molecule has 6 heteroatoms. The zero-order valence-electron chi connectivity index (χ0n) is 18.4. The molecule has 2 aliphatic carbocycles. The van der Waals surface area contributed by atoms with Crippen LogP contribution in [-0.4, -0.2) is 60.3 Å². The van der Waals surface area contributed by atoms with Crippen LogP contribution < -0.4 is 0 Å². The number of sulfone groups is 1. The molecule has 3 fully saturated rings. The van der Waals surface area contributed by atoms with Gasteiger partial charge in [-0.25, -0.2) is 8.42 Å². The fraction of sp³-hybridized carbons (Fsp3) is 0.708. The molecule has 0 bridgehead atoms. The average Bonchev–Trinajstić information content (AvgIpc) is 3.30. The number of benzene rings is 1. The van der Waals surface area contributed by atoms with E-state index in [1.165, 1.54) is 11.1 Å². The number of amides is 1. The molecule has 4 rings (SSSR count). The number of carbonyl (C=O) groups is 1. The highest BCUT2D eigenvalue weighted by molar-refractivity contribution is 7.91. The molecule has 1 atom stereocenters. The Morgan fingerprint density at radius 1 is 0.967 bits per heavy atom. The monoisotopic (exact) mass is 432 g/mol. The highest BCUT2D eigenvalue weighted by atomic mass is 32.2. The van der Waals surface area contributed by atoms with Gasteiger partial charge in [-0.15, -0.1) is 0 Å². The molecule has 1 aromatic carbocycles. The van der Waals surface area contributed by atoms with Crippen molar-refractivity contribution in [1.29, 1.82) is 0 Å². The lowest BCUT2D eigenvalue weighted by atomic mass is 10.0. The number of hydrogen-bond donors (Lipinski definition) is 0. The molecular weight excluding hydrogens is 396 g/mol. The summed E-state index contributed by atoms with van der Waals surface area (Å²) in [6.07, 6.45) is 7.22. The Balaban J connectivity index is 1.46. The Labute approximate surface area is 181 Å². The quantitative estimate of drug-likeness (QED) is 0.628. The van der Waals surface area contributed by atoms with E-state index in [2.05, 4.69) is 43.0 Å². The normalized spacial score (nSPS) is 24.1. The third-order valence-electron chi connectivity index (χ3n) is 7.04. The first-order chi connectivity index (χ1) is 14.3. The van der Waals surface area contributed by atoms with Gasteiger partial charge in [-0.1, -0.05) is 51.0 Å². The number of hydrogen-bond acceptors (Lipinski definition) is 4. The van der Waals surface area contributed by atoms with Crippen molar-refractivity contribution >= 4 is 15.7 Å². The largest absolute Gasteiger partial charge is 0.335 e. The molecule has 1 aliphatic heterocycles. The van der Waals surface area contributed by atoms with Crippen LogP contribution >= 0.6 is 0 Å². The third-order valence-corrected chi connectivity index (χ3v) is 8.79. The Bertz CT molecular complexity index is 840. The molecule has 0 radical (unpaired) electrons. The number of rotatable bonds is 8. The van der Waals surface area contributed by atoms with Crippen molar-refractivity contribution in [1.82, 2.24) is 9.80 Å². The first-order valence-electron chi connectivity index (χ1n) is 11.7. The Hall–Kier alpha value is -1.40. The standard InChI is InChI=1S/C24H36N2O3S/c1-18(2)20-9-7-19(8-10-20)15-25(21-11-12-21)16-24(27)26(22-5-3-4-6-22)23-13-14-30(28,29)17-23/h7-10,18,21-23H,3-6,11-17H2,1-2H3. The number of nitrogens with zero attached hydrogens (tertiary/aromatic N) is 2. The SMILES string of the molecule is CC(C)c1ccc(CN(CC(=O)N(C2CCCC2)C2CCS(=O)(=O)C2)C2CC2)cc1. The van der Waals surface area contributed by atoms with E-state index < -0.39 is 9.84 Å².